The zero-order chi connectivity index (χ0) is 17.5. The van der Waals surface area contributed by atoms with Crippen molar-refractivity contribution in [3.05, 3.63) is 53.3 Å². The first-order valence-corrected chi connectivity index (χ1v) is 9.64. The van der Waals surface area contributed by atoms with Crippen molar-refractivity contribution < 1.29 is 0 Å². The van der Waals surface area contributed by atoms with Gasteiger partial charge < -0.3 is 4.57 Å². The Kier molecular flexibility index (Phi) is 5.99. The molecule has 0 saturated carbocycles. The van der Waals surface area contributed by atoms with Crippen molar-refractivity contribution in [2.45, 2.75) is 31.2 Å². The average Bonchev–Trinajstić information content (AvgIpc) is 2.99. The number of hydrogen-bond acceptors (Lipinski definition) is 5. The van der Waals surface area contributed by atoms with Crippen LogP contribution >= 0.6 is 23.1 Å². The summed E-state index contributed by atoms with van der Waals surface area (Å²) in [6.45, 7) is 3.11. The van der Waals surface area contributed by atoms with Gasteiger partial charge in [0.1, 0.15) is 5.40 Å². The summed E-state index contributed by atoms with van der Waals surface area (Å²) >= 11 is 2.75. The Morgan fingerprint density at radius 2 is 1.96 bits per heavy atom. The van der Waals surface area contributed by atoms with E-state index < -0.39 is 0 Å². The molecule has 126 valence electrons. The summed E-state index contributed by atoms with van der Waals surface area (Å²) in [5.41, 5.74) is 1.90. The van der Waals surface area contributed by atoms with Gasteiger partial charge in [0.15, 0.2) is 0 Å². The highest BCUT2D eigenvalue weighted by atomic mass is 32.2. The predicted molar refractivity (Wildman–Crippen MR) is 103 cm³/mol. The van der Waals surface area contributed by atoms with E-state index in [2.05, 4.69) is 39.1 Å². The van der Waals surface area contributed by atoms with Gasteiger partial charge in [0.05, 0.1) is 15.9 Å². The zero-order valence-electron chi connectivity index (χ0n) is 13.8. The molecule has 0 aliphatic carbocycles. The Morgan fingerprint density at radius 1 is 1.16 bits per heavy atom. The fraction of sp³-hybridized carbons (Fsp3) is 0.222. The highest BCUT2D eigenvalue weighted by molar-refractivity contribution is 8.03. The monoisotopic (exact) mass is 367 g/mol. The van der Waals surface area contributed by atoms with Crippen molar-refractivity contribution >= 4 is 39.0 Å². The van der Waals surface area contributed by atoms with Gasteiger partial charge >= 0.3 is 0 Å². The first-order valence-electron chi connectivity index (χ1n) is 8.01. The molecule has 3 aromatic rings. The molecule has 0 atom stereocenters. The molecule has 3 rings (SSSR count). The summed E-state index contributed by atoms with van der Waals surface area (Å²) in [5, 5.41) is 23.2. The van der Waals surface area contributed by atoms with Crippen LogP contribution in [0.1, 0.15) is 19.8 Å². The van der Waals surface area contributed by atoms with E-state index in [9.17, 15) is 0 Å². The molecule has 0 aliphatic heterocycles. The second-order valence-corrected chi connectivity index (χ2v) is 7.20. The highest BCUT2D eigenvalue weighted by Crippen LogP contribution is 2.21. The van der Waals surface area contributed by atoms with Crippen LogP contribution in [0.3, 0.4) is 0 Å². The summed E-state index contributed by atoms with van der Waals surface area (Å²) < 4.78 is 3.40. The van der Waals surface area contributed by atoms with Gasteiger partial charge in [0.25, 0.3) is 0 Å². The number of nitrogens with zero attached hydrogens (tertiary/aromatic N) is 5. The first-order chi connectivity index (χ1) is 12.3. The maximum Gasteiger partial charge on any atom is 0.213 e. The summed E-state index contributed by atoms with van der Waals surface area (Å²) in [4.78, 5) is 1.75. The summed E-state index contributed by atoms with van der Waals surface area (Å²) in [6.07, 6.45) is 2.23. The van der Waals surface area contributed by atoms with Gasteiger partial charge in [-0.25, -0.2) is 0 Å². The number of rotatable bonds is 6. The minimum atomic E-state index is 0.715. The van der Waals surface area contributed by atoms with Gasteiger partial charge in [-0.15, -0.1) is 10.2 Å². The number of nitriles is 1. The number of thiocyanates is 1. The van der Waals surface area contributed by atoms with E-state index in [-0.39, 0.29) is 0 Å². The topological polar surface area (TPSA) is 65.8 Å². The predicted octanol–water partition coefficient (Wildman–Crippen LogP) is 5.68. The van der Waals surface area contributed by atoms with E-state index in [1.165, 1.54) is 10.2 Å². The minimum Gasteiger partial charge on any atom is -0.315 e. The third kappa shape index (κ3) is 4.35. The molecule has 0 N–H and O–H groups in total. The Bertz CT molecular complexity index is 977. The van der Waals surface area contributed by atoms with E-state index in [1.54, 1.807) is 11.3 Å². The van der Waals surface area contributed by atoms with Gasteiger partial charge in [0, 0.05) is 11.4 Å². The number of para-hydroxylation sites is 1. The molecule has 0 unspecified atom stereocenters. The van der Waals surface area contributed by atoms with Crippen LogP contribution in [0.4, 0.5) is 5.69 Å². The first kappa shape index (κ1) is 17.4. The van der Waals surface area contributed by atoms with Gasteiger partial charge in [-0.05, 0) is 59.8 Å². The molecule has 7 heteroatoms. The van der Waals surface area contributed by atoms with E-state index in [0.29, 0.717) is 5.69 Å². The number of aromatic nitrogens is 1. The molecule has 0 saturated heterocycles. The standard InChI is InChI=1S/C18H17N5S2/c1-2-3-12-23-16-6-4-5-7-17(16)25-18(23)21-22-20-14-8-10-15(11-9-14)24-13-19/h4-11H,2-3,12H2,1H3/b21-18-,22-20?. The summed E-state index contributed by atoms with van der Waals surface area (Å²) in [6, 6.07) is 15.7. The van der Waals surface area contributed by atoms with Crippen molar-refractivity contribution in [2.24, 2.45) is 15.4 Å². The third-order valence-electron chi connectivity index (χ3n) is 3.61. The number of fused-ring (bicyclic) bond motifs is 1. The van der Waals surface area contributed by atoms with Crippen LogP contribution in [0.5, 0.6) is 0 Å². The second kappa shape index (κ2) is 8.60. The maximum absolute atomic E-state index is 8.66. The number of aryl methyl sites for hydroxylation is 1. The molecule has 0 aliphatic rings. The lowest BCUT2D eigenvalue weighted by atomic mass is 10.3. The normalized spacial score (nSPS) is 12.1. The lowest BCUT2D eigenvalue weighted by Gasteiger charge is -2.02. The van der Waals surface area contributed by atoms with Crippen LogP contribution in [-0.2, 0) is 6.54 Å². The number of hydrogen-bond donors (Lipinski definition) is 0. The molecule has 5 nitrogen and oxygen atoms in total. The Morgan fingerprint density at radius 3 is 2.72 bits per heavy atom. The van der Waals surface area contributed by atoms with Crippen molar-refractivity contribution in [2.75, 3.05) is 0 Å². The largest absolute Gasteiger partial charge is 0.315 e. The molecule has 0 spiro atoms. The van der Waals surface area contributed by atoms with E-state index in [0.717, 1.165) is 40.8 Å². The zero-order valence-corrected chi connectivity index (χ0v) is 15.4. The quantitative estimate of drug-likeness (QED) is 0.244. The molecule has 25 heavy (non-hydrogen) atoms. The Balaban J connectivity index is 1.88. The fourth-order valence-electron chi connectivity index (χ4n) is 2.38. The molecule has 0 amide bonds. The number of unbranched alkanes of at least 4 members (excludes halogenated alkanes) is 1. The van der Waals surface area contributed by atoms with E-state index in [4.69, 9.17) is 5.26 Å². The minimum absolute atomic E-state index is 0.715. The molecule has 1 aromatic heterocycles. The Hall–Kier alpha value is -2.43. The molecular formula is C18H17N5S2. The van der Waals surface area contributed by atoms with Crippen molar-refractivity contribution in [3.63, 3.8) is 0 Å². The van der Waals surface area contributed by atoms with Gasteiger partial charge in [-0.2, -0.15) is 5.26 Å². The van der Waals surface area contributed by atoms with Crippen LogP contribution < -0.4 is 4.80 Å². The SMILES string of the molecule is CCCCn1/c(=N/N=Nc2ccc(SC#N)cc2)sc2ccccc21. The number of benzene rings is 2. The van der Waals surface area contributed by atoms with Gasteiger partial charge in [-0.1, -0.05) is 36.8 Å². The lowest BCUT2D eigenvalue weighted by molar-refractivity contribution is 0.630. The van der Waals surface area contributed by atoms with E-state index >= 15 is 0 Å². The smallest absolute Gasteiger partial charge is 0.213 e. The third-order valence-corrected chi connectivity index (χ3v) is 5.26. The number of thioether (sulfide) groups is 1. The molecular weight excluding hydrogens is 350 g/mol. The van der Waals surface area contributed by atoms with Crippen LogP contribution in [0.25, 0.3) is 10.2 Å². The average molecular weight is 368 g/mol. The fourth-order valence-corrected chi connectivity index (χ4v) is 3.76. The van der Waals surface area contributed by atoms with Crippen molar-refractivity contribution in [1.82, 2.24) is 4.57 Å². The van der Waals surface area contributed by atoms with Crippen LogP contribution in [0.2, 0.25) is 0 Å². The Labute approximate surface area is 154 Å². The summed E-state index contributed by atoms with van der Waals surface area (Å²) in [5.74, 6) is 0. The molecule has 2 aromatic carbocycles. The van der Waals surface area contributed by atoms with Crippen LogP contribution in [0.15, 0.2) is 68.9 Å². The van der Waals surface area contributed by atoms with Gasteiger partial charge in [-0.3, -0.25) is 0 Å². The molecule has 0 radical (unpaired) electrons. The summed E-state index contributed by atoms with van der Waals surface area (Å²) in [7, 11) is 0. The second-order valence-electron chi connectivity index (χ2n) is 5.33. The molecule has 1 heterocycles. The lowest BCUT2D eigenvalue weighted by Crippen LogP contribution is -2.14. The molecule has 0 bridgehead atoms. The van der Waals surface area contributed by atoms with E-state index in [1.807, 2.05) is 41.8 Å². The van der Waals surface area contributed by atoms with Crippen LogP contribution in [0, 0.1) is 10.7 Å². The number of thiazole rings is 1. The molecule has 0 fully saturated rings. The van der Waals surface area contributed by atoms with Crippen molar-refractivity contribution in [1.29, 1.82) is 5.26 Å². The van der Waals surface area contributed by atoms with Crippen LogP contribution in [-0.4, -0.2) is 4.57 Å². The maximum atomic E-state index is 8.66. The van der Waals surface area contributed by atoms with Crippen molar-refractivity contribution in [3.8, 4) is 5.40 Å². The highest BCUT2D eigenvalue weighted by Gasteiger charge is 2.04. The van der Waals surface area contributed by atoms with Gasteiger partial charge in [0.2, 0.25) is 4.80 Å².